The van der Waals surface area contributed by atoms with Crippen molar-refractivity contribution in [2.45, 2.75) is 19.4 Å². The van der Waals surface area contributed by atoms with Crippen molar-refractivity contribution in [3.63, 3.8) is 0 Å². The van der Waals surface area contributed by atoms with Gasteiger partial charge in [0.2, 0.25) is 5.91 Å². The maximum absolute atomic E-state index is 11.3. The first-order valence-electron chi connectivity index (χ1n) is 4.78. The number of carbonyl (C=O) groups is 1. The van der Waals surface area contributed by atoms with Crippen molar-refractivity contribution in [1.82, 2.24) is 4.90 Å². The van der Waals surface area contributed by atoms with Crippen molar-refractivity contribution in [3.05, 3.63) is 12.2 Å². The molecule has 2 heterocycles. The van der Waals surface area contributed by atoms with Crippen molar-refractivity contribution >= 4 is 5.91 Å². The highest BCUT2D eigenvalue weighted by Crippen LogP contribution is 2.33. The first-order valence-corrected chi connectivity index (χ1v) is 4.78. The van der Waals surface area contributed by atoms with E-state index in [2.05, 4.69) is 12.2 Å². The molecule has 0 aromatic heterocycles. The lowest BCUT2D eigenvalue weighted by Crippen LogP contribution is -2.53. The summed E-state index contributed by atoms with van der Waals surface area (Å²) in [6.07, 6.45) is 5.28. The van der Waals surface area contributed by atoms with Gasteiger partial charge in [0.05, 0.1) is 6.04 Å². The molecule has 1 amide bonds. The predicted molar refractivity (Wildman–Crippen MR) is 49.0 cm³/mol. The first kappa shape index (κ1) is 8.75. The Labute approximate surface area is 78.0 Å². The Hall–Kier alpha value is -0.830. The van der Waals surface area contributed by atoms with E-state index in [1.807, 2.05) is 4.90 Å². The molecule has 3 nitrogen and oxygen atoms in total. The van der Waals surface area contributed by atoms with E-state index in [1.165, 1.54) is 0 Å². The van der Waals surface area contributed by atoms with Gasteiger partial charge < -0.3 is 10.0 Å². The Morgan fingerprint density at radius 2 is 2.38 bits per heavy atom. The molecular formula is C10H15NO2. The molecule has 0 spiro atoms. The van der Waals surface area contributed by atoms with Crippen LogP contribution in [-0.4, -0.2) is 35.1 Å². The number of rotatable bonds is 1. The summed E-state index contributed by atoms with van der Waals surface area (Å²) in [5.41, 5.74) is 0. The fraction of sp³-hybridized carbons (Fsp3) is 0.700. The van der Waals surface area contributed by atoms with E-state index in [0.717, 1.165) is 13.0 Å². The Morgan fingerprint density at radius 1 is 1.62 bits per heavy atom. The largest absolute Gasteiger partial charge is 0.396 e. The molecule has 0 radical (unpaired) electrons. The predicted octanol–water partition coefficient (Wildman–Crippen LogP) is 0.402. The smallest absolute Gasteiger partial charge is 0.219 e. The topological polar surface area (TPSA) is 40.5 Å². The Morgan fingerprint density at radius 3 is 2.92 bits per heavy atom. The van der Waals surface area contributed by atoms with E-state index in [-0.39, 0.29) is 24.5 Å². The van der Waals surface area contributed by atoms with Crippen molar-refractivity contribution in [3.8, 4) is 0 Å². The van der Waals surface area contributed by atoms with Gasteiger partial charge in [-0.3, -0.25) is 4.79 Å². The fourth-order valence-corrected chi connectivity index (χ4v) is 2.42. The van der Waals surface area contributed by atoms with Crippen LogP contribution < -0.4 is 0 Å². The summed E-state index contributed by atoms with van der Waals surface area (Å²) in [6.45, 7) is 2.63. The van der Waals surface area contributed by atoms with Crippen LogP contribution in [0.2, 0.25) is 0 Å². The number of fused-ring (bicyclic) bond motifs is 2. The molecule has 2 bridgehead atoms. The van der Waals surface area contributed by atoms with Gasteiger partial charge in [0.25, 0.3) is 0 Å². The van der Waals surface area contributed by atoms with Crippen molar-refractivity contribution in [2.75, 3.05) is 13.2 Å². The van der Waals surface area contributed by atoms with Gasteiger partial charge in [-0.25, -0.2) is 0 Å². The molecule has 1 N–H and O–H groups in total. The number of nitrogens with zero attached hydrogens (tertiary/aromatic N) is 1. The van der Waals surface area contributed by atoms with Gasteiger partial charge in [-0.05, 0) is 12.3 Å². The maximum Gasteiger partial charge on any atom is 0.219 e. The summed E-state index contributed by atoms with van der Waals surface area (Å²) in [5.74, 6) is 0.844. The van der Waals surface area contributed by atoms with Crippen LogP contribution in [-0.2, 0) is 4.79 Å². The summed E-state index contributed by atoms with van der Waals surface area (Å²) in [5, 5.41) is 9.14. The number of hydrogen-bond acceptors (Lipinski definition) is 2. The second-order valence-corrected chi connectivity index (χ2v) is 3.99. The quantitative estimate of drug-likeness (QED) is 0.595. The number of hydrogen-bond donors (Lipinski definition) is 1. The minimum atomic E-state index is 0.123. The number of carbonyl (C=O) groups excluding carboxylic acids is 1. The van der Waals surface area contributed by atoms with Gasteiger partial charge in [-0.15, -0.1) is 0 Å². The van der Waals surface area contributed by atoms with Crippen molar-refractivity contribution < 1.29 is 9.90 Å². The van der Waals surface area contributed by atoms with E-state index in [1.54, 1.807) is 6.92 Å². The zero-order chi connectivity index (χ0) is 9.42. The highest BCUT2D eigenvalue weighted by atomic mass is 16.3. The SMILES string of the molecule is CC(=O)N1CC2C=CC1C(CO)C2. The maximum atomic E-state index is 11.3. The van der Waals surface area contributed by atoms with E-state index < -0.39 is 0 Å². The molecule has 72 valence electrons. The summed E-state index contributed by atoms with van der Waals surface area (Å²) in [6, 6.07) is 0.146. The number of aliphatic hydroxyl groups excluding tert-OH is 1. The average molecular weight is 181 g/mol. The number of aliphatic hydroxyl groups is 1. The van der Waals surface area contributed by atoms with Crippen LogP contribution in [0.3, 0.4) is 0 Å². The van der Waals surface area contributed by atoms with Gasteiger partial charge >= 0.3 is 0 Å². The lowest BCUT2D eigenvalue weighted by molar-refractivity contribution is -0.134. The molecule has 13 heavy (non-hydrogen) atoms. The third-order valence-electron chi connectivity index (χ3n) is 3.10. The zero-order valence-corrected chi connectivity index (χ0v) is 7.81. The van der Waals surface area contributed by atoms with Gasteiger partial charge in [0.1, 0.15) is 0 Å². The molecule has 0 saturated carbocycles. The molecule has 1 aliphatic carbocycles. The molecule has 2 aliphatic heterocycles. The van der Waals surface area contributed by atoms with Crippen LogP contribution in [0.25, 0.3) is 0 Å². The molecule has 3 rings (SSSR count). The monoisotopic (exact) mass is 181 g/mol. The minimum absolute atomic E-state index is 0.123. The Bertz CT molecular complexity index is 249. The Kier molecular flexibility index (Phi) is 2.12. The third-order valence-corrected chi connectivity index (χ3v) is 3.10. The van der Waals surface area contributed by atoms with Crippen LogP contribution >= 0.6 is 0 Å². The van der Waals surface area contributed by atoms with E-state index in [4.69, 9.17) is 5.11 Å². The van der Waals surface area contributed by atoms with Crippen molar-refractivity contribution in [1.29, 1.82) is 0 Å². The minimum Gasteiger partial charge on any atom is -0.396 e. The van der Waals surface area contributed by atoms with Gasteiger partial charge in [-0.1, -0.05) is 12.2 Å². The van der Waals surface area contributed by atoms with E-state index in [9.17, 15) is 4.79 Å². The lowest BCUT2D eigenvalue weighted by atomic mass is 9.78. The normalized spacial score (nSPS) is 36.8. The summed E-state index contributed by atoms with van der Waals surface area (Å²) in [7, 11) is 0. The number of amides is 1. The molecule has 3 unspecified atom stereocenters. The molecular weight excluding hydrogens is 166 g/mol. The molecule has 0 aromatic carbocycles. The van der Waals surface area contributed by atoms with Crippen molar-refractivity contribution in [2.24, 2.45) is 11.8 Å². The fourth-order valence-electron chi connectivity index (χ4n) is 2.42. The second kappa shape index (κ2) is 3.14. The molecule has 3 heteroatoms. The summed E-state index contributed by atoms with van der Waals surface area (Å²) in [4.78, 5) is 13.1. The first-order chi connectivity index (χ1) is 6.22. The summed E-state index contributed by atoms with van der Waals surface area (Å²) >= 11 is 0. The highest BCUT2D eigenvalue weighted by molar-refractivity contribution is 5.74. The molecule has 0 aromatic rings. The average Bonchev–Trinajstić information content (AvgIpc) is 2.18. The third kappa shape index (κ3) is 1.37. The van der Waals surface area contributed by atoms with Crippen LogP contribution in [0.4, 0.5) is 0 Å². The Balaban J connectivity index is 2.19. The van der Waals surface area contributed by atoms with Crippen LogP contribution in [0, 0.1) is 11.8 Å². The highest BCUT2D eigenvalue weighted by Gasteiger charge is 2.37. The molecule has 3 aliphatic rings. The van der Waals surface area contributed by atoms with Gasteiger partial charge in [0, 0.05) is 26.0 Å². The van der Waals surface area contributed by atoms with E-state index in [0.29, 0.717) is 5.92 Å². The van der Waals surface area contributed by atoms with Crippen LogP contribution in [0.15, 0.2) is 12.2 Å². The molecule has 3 atom stereocenters. The second-order valence-electron chi connectivity index (χ2n) is 3.99. The zero-order valence-electron chi connectivity index (χ0n) is 7.81. The lowest BCUT2D eigenvalue weighted by Gasteiger charge is -2.45. The summed E-state index contributed by atoms with van der Waals surface area (Å²) < 4.78 is 0. The van der Waals surface area contributed by atoms with Crippen LogP contribution in [0.1, 0.15) is 13.3 Å². The number of piperidine rings is 1. The molecule has 1 saturated heterocycles. The van der Waals surface area contributed by atoms with Gasteiger partial charge in [-0.2, -0.15) is 0 Å². The van der Waals surface area contributed by atoms with Crippen LogP contribution in [0.5, 0.6) is 0 Å². The standard InChI is InChI=1S/C10H15NO2/c1-7(13)11-5-8-2-3-10(11)9(4-8)6-12/h2-3,8-10,12H,4-6H2,1H3. The van der Waals surface area contributed by atoms with E-state index >= 15 is 0 Å². The van der Waals surface area contributed by atoms with Gasteiger partial charge in [0.15, 0.2) is 0 Å². The molecule has 1 fully saturated rings.